The van der Waals surface area contributed by atoms with Crippen LogP contribution in [0.1, 0.15) is 37.4 Å². The molecule has 0 unspecified atom stereocenters. The highest BCUT2D eigenvalue weighted by Crippen LogP contribution is 2.33. The Hall–Kier alpha value is -4.19. The Morgan fingerprint density at radius 2 is 1.53 bits per heavy atom. The monoisotopic (exact) mass is 534 g/mol. The van der Waals surface area contributed by atoms with E-state index in [1.807, 2.05) is 65.4 Å². The largest absolute Gasteiger partial charge is 0.322 e. The molecule has 4 aromatic carbocycles. The molecule has 0 aliphatic carbocycles. The molecule has 0 saturated heterocycles. The standard InChI is InChI=1S/C32H23ClN2O2S/c33-29-18-25(34-31(36)27-11-5-4-10-26(27)24-15-16-38-20-24)13-14-28(29)32(37)35-19-23-9-2-1-7-21(23)17-22-8-3-6-12-30(22)35/h1-16,18,20H,17,19H2,(H,34,36). The molecule has 2 amide bonds. The van der Waals surface area contributed by atoms with Gasteiger partial charge >= 0.3 is 0 Å². The Labute approximate surface area is 230 Å². The van der Waals surface area contributed by atoms with Gasteiger partial charge in [-0.25, -0.2) is 0 Å². The normalized spacial score (nSPS) is 12.3. The van der Waals surface area contributed by atoms with Gasteiger partial charge in [-0.2, -0.15) is 11.3 Å². The zero-order valence-corrected chi connectivity index (χ0v) is 21.9. The van der Waals surface area contributed by atoms with Crippen LogP contribution in [0, 0.1) is 0 Å². The Morgan fingerprint density at radius 3 is 2.32 bits per heavy atom. The number of nitrogens with one attached hydrogen (secondary N) is 1. The van der Waals surface area contributed by atoms with E-state index < -0.39 is 0 Å². The molecule has 4 nitrogen and oxygen atoms in total. The highest BCUT2D eigenvalue weighted by Gasteiger charge is 2.26. The molecule has 0 radical (unpaired) electrons. The van der Waals surface area contributed by atoms with Crippen molar-refractivity contribution in [3.05, 3.63) is 141 Å². The number of carbonyl (C=O) groups excluding carboxylic acids is 2. The summed E-state index contributed by atoms with van der Waals surface area (Å²) in [6, 6.07) is 30.7. The van der Waals surface area contributed by atoms with E-state index in [9.17, 15) is 9.59 Å². The molecule has 0 fully saturated rings. The predicted octanol–water partition coefficient (Wildman–Crippen LogP) is 8.07. The lowest BCUT2D eigenvalue weighted by molar-refractivity contribution is 0.0984. The summed E-state index contributed by atoms with van der Waals surface area (Å²) in [4.78, 5) is 28.8. The summed E-state index contributed by atoms with van der Waals surface area (Å²) >= 11 is 8.24. The summed E-state index contributed by atoms with van der Waals surface area (Å²) in [5.41, 5.74) is 7.65. The van der Waals surface area contributed by atoms with Crippen LogP contribution in [0.25, 0.3) is 11.1 Å². The van der Waals surface area contributed by atoms with Crippen LogP contribution in [0.4, 0.5) is 11.4 Å². The number of fused-ring (bicyclic) bond motifs is 2. The smallest absolute Gasteiger partial charge is 0.260 e. The lowest BCUT2D eigenvalue weighted by Gasteiger charge is -2.24. The van der Waals surface area contributed by atoms with E-state index in [2.05, 4.69) is 23.5 Å². The Morgan fingerprint density at radius 1 is 0.789 bits per heavy atom. The third kappa shape index (κ3) is 4.62. The maximum absolute atomic E-state index is 13.8. The van der Waals surface area contributed by atoms with Crippen LogP contribution >= 0.6 is 22.9 Å². The van der Waals surface area contributed by atoms with Gasteiger partial charge < -0.3 is 10.2 Å². The molecule has 0 saturated carbocycles. The van der Waals surface area contributed by atoms with Crippen molar-refractivity contribution in [2.75, 3.05) is 10.2 Å². The lowest BCUT2D eigenvalue weighted by atomic mass is 10.0. The summed E-state index contributed by atoms with van der Waals surface area (Å²) in [7, 11) is 0. The predicted molar refractivity (Wildman–Crippen MR) is 155 cm³/mol. The number of thiophene rings is 1. The highest BCUT2D eigenvalue weighted by molar-refractivity contribution is 7.08. The number of halogens is 1. The van der Waals surface area contributed by atoms with E-state index in [0.717, 1.165) is 34.4 Å². The first-order chi connectivity index (χ1) is 18.6. The number of hydrogen-bond acceptors (Lipinski definition) is 3. The second-order valence-electron chi connectivity index (χ2n) is 9.17. The van der Waals surface area contributed by atoms with Gasteiger partial charge in [-0.1, -0.05) is 72.3 Å². The average Bonchev–Trinajstić information content (AvgIpc) is 3.42. The maximum atomic E-state index is 13.8. The first kappa shape index (κ1) is 24.2. The molecule has 0 atom stereocenters. The number of rotatable bonds is 4. The van der Waals surface area contributed by atoms with Crippen molar-refractivity contribution in [2.45, 2.75) is 13.0 Å². The molecule has 38 heavy (non-hydrogen) atoms. The van der Waals surface area contributed by atoms with Gasteiger partial charge in [-0.05, 0) is 81.4 Å². The fourth-order valence-electron chi connectivity index (χ4n) is 4.91. The average molecular weight is 535 g/mol. The number of anilines is 2. The minimum Gasteiger partial charge on any atom is -0.322 e. The number of para-hydroxylation sites is 1. The van der Waals surface area contributed by atoms with Crippen LogP contribution in [0.15, 0.2) is 108 Å². The van der Waals surface area contributed by atoms with E-state index in [1.54, 1.807) is 40.5 Å². The molecule has 0 bridgehead atoms. The number of nitrogens with zero attached hydrogens (tertiary/aromatic N) is 1. The molecule has 186 valence electrons. The van der Waals surface area contributed by atoms with E-state index in [1.165, 1.54) is 5.56 Å². The second-order valence-corrected chi connectivity index (χ2v) is 10.4. The third-order valence-electron chi connectivity index (χ3n) is 6.82. The fraction of sp³-hybridized carbons (Fsp3) is 0.0625. The molecule has 5 aromatic rings. The van der Waals surface area contributed by atoms with Crippen LogP contribution < -0.4 is 10.2 Å². The molecular weight excluding hydrogens is 512 g/mol. The molecule has 1 aliphatic heterocycles. The molecule has 0 spiro atoms. The second kappa shape index (κ2) is 10.3. The summed E-state index contributed by atoms with van der Waals surface area (Å²) < 4.78 is 0. The molecule has 1 N–H and O–H groups in total. The molecular formula is C32H23ClN2O2S. The van der Waals surface area contributed by atoms with Gasteiger partial charge in [0.15, 0.2) is 0 Å². The van der Waals surface area contributed by atoms with Crippen molar-refractivity contribution in [3.63, 3.8) is 0 Å². The lowest BCUT2D eigenvalue weighted by Crippen LogP contribution is -2.30. The Bertz CT molecular complexity index is 1660. The van der Waals surface area contributed by atoms with Crippen molar-refractivity contribution in [3.8, 4) is 11.1 Å². The van der Waals surface area contributed by atoms with Crippen LogP contribution in [0.3, 0.4) is 0 Å². The number of benzene rings is 4. The fourth-order valence-corrected chi connectivity index (χ4v) is 5.83. The summed E-state index contributed by atoms with van der Waals surface area (Å²) in [6.07, 6.45) is 0.766. The van der Waals surface area contributed by atoms with Crippen LogP contribution in [-0.2, 0) is 13.0 Å². The van der Waals surface area contributed by atoms with Crippen molar-refractivity contribution >= 4 is 46.1 Å². The van der Waals surface area contributed by atoms with Gasteiger partial charge in [0.05, 0.1) is 17.1 Å². The van der Waals surface area contributed by atoms with E-state index in [-0.39, 0.29) is 16.8 Å². The SMILES string of the molecule is O=C(Nc1ccc(C(=O)N2Cc3ccccc3Cc3ccccc32)c(Cl)c1)c1ccccc1-c1ccsc1. The highest BCUT2D eigenvalue weighted by atomic mass is 35.5. The minimum absolute atomic E-state index is 0.181. The van der Waals surface area contributed by atoms with Crippen molar-refractivity contribution < 1.29 is 9.59 Å². The minimum atomic E-state index is -0.236. The summed E-state index contributed by atoms with van der Waals surface area (Å²) in [5, 5.41) is 7.23. The zero-order chi connectivity index (χ0) is 26.1. The Kier molecular flexibility index (Phi) is 6.54. The topological polar surface area (TPSA) is 49.4 Å². The third-order valence-corrected chi connectivity index (χ3v) is 7.81. The van der Waals surface area contributed by atoms with Gasteiger partial charge in [0.1, 0.15) is 0 Å². The Balaban J connectivity index is 1.28. The van der Waals surface area contributed by atoms with Crippen molar-refractivity contribution in [1.29, 1.82) is 0 Å². The number of amides is 2. The van der Waals surface area contributed by atoms with Gasteiger partial charge in [-0.3, -0.25) is 9.59 Å². The van der Waals surface area contributed by atoms with Gasteiger partial charge in [0, 0.05) is 16.9 Å². The van der Waals surface area contributed by atoms with Gasteiger partial charge in [-0.15, -0.1) is 0 Å². The zero-order valence-electron chi connectivity index (χ0n) is 20.4. The van der Waals surface area contributed by atoms with Gasteiger partial charge in [0.25, 0.3) is 11.8 Å². The van der Waals surface area contributed by atoms with Crippen LogP contribution in [-0.4, -0.2) is 11.8 Å². The van der Waals surface area contributed by atoms with E-state index in [4.69, 9.17) is 11.6 Å². The summed E-state index contributed by atoms with van der Waals surface area (Å²) in [5.74, 6) is -0.417. The van der Waals surface area contributed by atoms with Crippen molar-refractivity contribution in [2.24, 2.45) is 0 Å². The van der Waals surface area contributed by atoms with Crippen LogP contribution in [0.2, 0.25) is 5.02 Å². The number of hydrogen-bond donors (Lipinski definition) is 1. The quantitative estimate of drug-likeness (QED) is 0.253. The van der Waals surface area contributed by atoms with E-state index >= 15 is 0 Å². The van der Waals surface area contributed by atoms with Crippen molar-refractivity contribution in [1.82, 2.24) is 0 Å². The maximum Gasteiger partial charge on any atom is 0.260 e. The summed E-state index contributed by atoms with van der Waals surface area (Å²) in [6.45, 7) is 0.459. The molecule has 6 rings (SSSR count). The van der Waals surface area contributed by atoms with Gasteiger partial charge in [0.2, 0.25) is 0 Å². The number of carbonyl (C=O) groups is 2. The first-order valence-corrected chi connectivity index (χ1v) is 13.6. The molecule has 1 aromatic heterocycles. The van der Waals surface area contributed by atoms with E-state index in [0.29, 0.717) is 23.4 Å². The molecule has 6 heteroatoms. The molecule has 2 heterocycles. The first-order valence-electron chi connectivity index (χ1n) is 12.3. The van der Waals surface area contributed by atoms with Crippen LogP contribution in [0.5, 0.6) is 0 Å². The molecule has 1 aliphatic rings.